The topological polar surface area (TPSA) is 60.2 Å². The SMILES string of the molecule is CCOC(C1CCCCC1)C(Cc1cncs1)NN. The molecule has 1 saturated carbocycles. The van der Waals surface area contributed by atoms with Crippen molar-refractivity contribution in [3.05, 3.63) is 16.6 Å². The molecule has 0 amide bonds. The summed E-state index contributed by atoms with van der Waals surface area (Å²) in [7, 11) is 0. The molecule has 4 nitrogen and oxygen atoms in total. The van der Waals surface area contributed by atoms with Gasteiger partial charge in [-0.3, -0.25) is 16.3 Å². The Labute approximate surface area is 119 Å². The van der Waals surface area contributed by atoms with E-state index in [1.807, 2.05) is 11.7 Å². The van der Waals surface area contributed by atoms with E-state index in [0.717, 1.165) is 13.0 Å². The average molecular weight is 283 g/mol. The normalized spacial score (nSPS) is 20.3. The van der Waals surface area contributed by atoms with Crippen molar-refractivity contribution < 1.29 is 4.74 Å². The molecule has 2 atom stereocenters. The highest BCUT2D eigenvalue weighted by Crippen LogP contribution is 2.30. The van der Waals surface area contributed by atoms with Crippen LogP contribution in [0.15, 0.2) is 11.7 Å². The zero-order chi connectivity index (χ0) is 13.5. The van der Waals surface area contributed by atoms with Crippen molar-refractivity contribution in [3.63, 3.8) is 0 Å². The number of hydrazine groups is 1. The monoisotopic (exact) mass is 283 g/mol. The molecule has 0 aromatic carbocycles. The van der Waals surface area contributed by atoms with Crippen LogP contribution >= 0.6 is 11.3 Å². The third-order valence-electron chi connectivity index (χ3n) is 3.99. The largest absolute Gasteiger partial charge is 0.377 e. The highest BCUT2D eigenvalue weighted by atomic mass is 32.1. The van der Waals surface area contributed by atoms with Gasteiger partial charge in [0.15, 0.2) is 0 Å². The number of aromatic nitrogens is 1. The molecule has 2 rings (SSSR count). The second kappa shape index (κ2) is 7.94. The van der Waals surface area contributed by atoms with E-state index in [1.54, 1.807) is 11.3 Å². The fourth-order valence-electron chi connectivity index (χ4n) is 3.07. The summed E-state index contributed by atoms with van der Waals surface area (Å²) in [4.78, 5) is 5.40. The highest BCUT2D eigenvalue weighted by molar-refractivity contribution is 7.09. The summed E-state index contributed by atoms with van der Waals surface area (Å²) in [5.74, 6) is 6.42. The quantitative estimate of drug-likeness (QED) is 0.596. The lowest BCUT2D eigenvalue weighted by atomic mass is 9.82. The van der Waals surface area contributed by atoms with E-state index in [1.165, 1.54) is 37.0 Å². The van der Waals surface area contributed by atoms with Gasteiger partial charge in [-0.2, -0.15) is 0 Å². The van der Waals surface area contributed by atoms with Crippen molar-refractivity contribution >= 4 is 11.3 Å². The smallest absolute Gasteiger partial charge is 0.0794 e. The predicted octanol–water partition coefficient (Wildman–Crippen LogP) is 2.50. The lowest BCUT2D eigenvalue weighted by Gasteiger charge is -2.35. The summed E-state index contributed by atoms with van der Waals surface area (Å²) in [5, 5.41) is 0. The number of nitrogens with two attached hydrogens (primary N) is 1. The number of hydrogen-bond acceptors (Lipinski definition) is 5. The van der Waals surface area contributed by atoms with Gasteiger partial charge in [0.05, 0.1) is 17.7 Å². The molecule has 5 heteroatoms. The number of ether oxygens (including phenoxy) is 1. The zero-order valence-electron chi connectivity index (χ0n) is 11.7. The fourth-order valence-corrected chi connectivity index (χ4v) is 3.72. The summed E-state index contributed by atoms with van der Waals surface area (Å²) in [6.07, 6.45) is 9.61. The first-order chi connectivity index (χ1) is 9.35. The van der Waals surface area contributed by atoms with Crippen LogP contribution in [-0.4, -0.2) is 23.7 Å². The third-order valence-corrected chi connectivity index (χ3v) is 4.79. The number of thiazole rings is 1. The van der Waals surface area contributed by atoms with Crippen LogP contribution in [0.3, 0.4) is 0 Å². The van der Waals surface area contributed by atoms with Crippen molar-refractivity contribution in [1.82, 2.24) is 10.4 Å². The minimum atomic E-state index is 0.184. The Hall–Kier alpha value is -0.490. The first kappa shape index (κ1) is 14.9. The number of hydrogen-bond donors (Lipinski definition) is 2. The van der Waals surface area contributed by atoms with Gasteiger partial charge in [-0.1, -0.05) is 19.3 Å². The second-order valence-corrected chi connectivity index (χ2v) is 6.23. The first-order valence-corrected chi connectivity index (χ1v) is 8.18. The molecule has 1 aliphatic carbocycles. The Morgan fingerprint density at radius 3 is 2.84 bits per heavy atom. The molecule has 0 saturated heterocycles. The van der Waals surface area contributed by atoms with Crippen LogP contribution in [-0.2, 0) is 11.2 Å². The number of nitrogens with one attached hydrogen (secondary N) is 1. The maximum atomic E-state index is 6.02. The Morgan fingerprint density at radius 1 is 1.47 bits per heavy atom. The summed E-state index contributed by atoms with van der Waals surface area (Å²) in [6.45, 7) is 2.82. The maximum absolute atomic E-state index is 6.02. The van der Waals surface area contributed by atoms with Gasteiger partial charge in [0.1, 0.15) is 0 Å². The van der Waals surface area contributed by atoms with Gasteiger partial charge < -0.3 is 4.74 Å². The molecule has 1 aliphatic rings. The van der Waals surface area contributed by atoms with Crippen LogP contribution in [0, 0.1) is 5.92 Å². The van der Waals surface area contributed by atoms with Crippen LogP contribution in [0.5, 0.6) is 0 Å². The van der Waals surface area contributed by atoms with E-state index in [0.29, 0.717) is 5.92 Å². The highest BCUT2D eigenvalue weighted by Gasteiger charge is 2.31. The molecule has 1 aromatic rings. The van der Waals surface area contributed by atoms with Gasteiger partial charge in [-0.25, -0.2) is 0 Å². The summed E-state index contributed by atoms with van der Waals surface area (Å²) in [6, 6.07) is 0.184. The second-order valence-electron chi connectivity index (χ2n) is 5.26. The maximum Gasteiger partial charge on any atom is 0.0794 e. The van der Waals surface area contributed by atoms with Gasteiger partial charge in [-0.15, -0.1) is 11.3 Å². The van der Waals surface area contributed by atoms with E-state index in [2.05, 4.69) is 17.3 Å². The first-order valence-electron chi connectivity index (χ1n) is 7.30. The summed E-state index contributed by atoms with van der Waals surface area (Å²) < 4.78 is 6.02. The minimum Gasteiger partial charge on any atom is -0.377 e. The molecule has 2 unspecified atom stereocenters. The van der Waals surface area contributed by atoms with E-state index in [9.17, 15) is 0 Å². The molecule has 0 aliphatic heterocycles. The van der Waals surface area contributed by atoms with E-state index >= 15 is 0 Å². The molecular formula is C14H25N3OS. The van der Waals surface area contributed by atoms with Crippen LogP contribution < -0.4 is 11.3 Å². The van der Waals surface area contributed by atoms with Crippen LogP contribution in [0.1, 0.15) is 43.9 Å². The molecule has 0 radical (unpaired) electrons. The third kappa shape index (κ3) is 4.24. The van der Waals surface area contributed by atoms with Gasteiger partial charge in [0, 0.05) is 24.1 Å². The Balaban J connectivity index is 2.01. The van der Waals surface area contributed by atoms with Crippen molar-refractivity contribution in [2.45, 2.75) is 57.6 Å². The fraction of sp³-hybridized carbons (Fsp3) is 0.786. The van der Waals surface area contributed by atoms with Crippen molar-refractivity contribution in [2.75, 3.05) is 6.61 Å². The zero-order valence-corrected chi connectivity index (χ0v) is 12.5. The van der Waals surface area contributed by atoms with Crippen molar-refractivity contribution in [3.8, 4) is 0 Å². The van der Waals surface area contributed by atoms with Gasteiger partial charge >= 0.3 is 0 Å². The predicted molar refractivity (Wildman–Crippen MR) is 78.9 cm³/mol. The Kier molecular flexibility index (Phi) is 6.23. The molecule has 1 fully saturated rings. The molecule has 1 aromatic heterocycles. The lowest BCUT2D eigenvalue weighted by molar-refractivity contribution is -0.0173. The van der Waals surface area contributed by atoms with E-state index < -0.39 is 0 Å². The lowest BCUT2D eigenvalue weighted by Crippen LogP contribution is -2.50. The Morgan fingerprint density at radius 2 is 2.26 bits per heavy atom. The van der Waals surface area contributed by atoms with Crippen LogP contribution in [0.4, 0.5) is 0 Å². The van der Waals surface area contributed by atoms with Crippen LogP contribution in [0.2, 0.25) is 0 Å². The molecular weight excluding hydrogens is 258 g/mol. The van der Waals surface area contributed by atoms with E-state index in [4.69, 9.17) is 10.6 Å². The molecule has 0 bridgehead atoms. The van der Waals surface area contributed by atoms with Crippen molar-refractivity contribution in [2.24, 2.45) is 11.8 Å². The van der Waals surface area contributed by atoms with Crippen molar-refractivity contribution in [1.29, 1.82) is 0 Å². The average Bonchev–Trinajstić information content (AvgIpc) is 2.96. The standard InChI is InChI=1S/C14H25N3OS/c1-2-18-14(11-6-4-3-5-7-11)13(17-15)8-12-9-16-10-19-12/h9-11,13-14,17H,2-8,15H2,1H3. The molecule has 108 valence electrons. The van der Waals surface area contributed by atoms with Crippen LogP contribution in [0.25, 0.3) is 0 Å². The molecule has 19 heavy (non-hydrogen) atoms. The number of rotatable bonds is 7. The molecule has 1 heterocycles. The summed E-state index contributed by atoms with van der Waals surface area (Å²) >= 11 is 1.69. The summed E-state index contributed by atoms with van der Waals surface area (Å²) in [5.41, 5.74) is 4.85. The van der Waals surface area contributed by atoms with Gasteiger partial charge in [0.2, 0.25) is 0 Å². The van der Waals surface area contributed by atoms with Gasteiger partial charge in [0.25, 0.3) is 0 Å². The number of nitrogens with zero attached hydrogens (tertiary/aromatic N) is 1. The Bertz CT molecular complexity index is 338. The minimum absolute atomic E-state index is 0.184. The molecule has 0 spiro atoms. The van der Waals surface area contributed by atoms with E-state index in [-0.39, 0.29) is 12.1 Å². The van der Waals surface area contributed by atoms with Gasteiger partial charge in [-0.05, 0) is 25.7 Å². The molecule has 3 N–H and O–H groups in total.